The Balaban J connectivity index is 3.22. The third kappa shape index (κ3) is 19.0. The maximum absolute atomic E-state index is 11.6. The molecule has 0 aromatic heterocycles. The number of hydrogen-bond acceptors (Lipinski definition) is 3. The first-order valence-corrected chi connectivity index (χ1v) is 10.8. The molecule has 0 fully saturated rings. The summed E-state index contributed by atoms with van der Waals surface area (Å²) in [5.41, 5.74) is 0. The van der Waals surface area contributed by atoms with Crippen molar-refractivity contribution in [2.45, 2.75) is 104 Å². The Labute approximate surface area is 161 Å². The normalized spacial score (nSPS) is 11.0. The molecule has 0 rings (SSSR count). The maximum Gasteiger partial charge on any atom is 0.325 e. The first kappa shape index (κ1) is 24.7. The summed E-state index contributed by atoms with van der Waals surface area (Å²) in [6, 6.07) is 0. The van der Waals surface area contributed by atoms with Crippen LogP contribution < -0.4 is 5.32 Å². The fraction of sp³-hybridized carbons (Fsp3) is 0.818. The van der Waals surface area contributed by atoms with E-state index >= 15 is 0 Å². The predicted octanol–water partition coefficient (Wildman–Crippen LogP) is 5.70. The van der Waals surface area contributed by atoms with Crippen LogP contribution in [-0.2, 0) is 14.3 Å². The molecular formula is C22H41NO3. The fourth-order valence-corrected chi connectivity index (χ4v) is 2.81. The second-order valence-corrected chi connectivity index (χ2v) is 6.92. The van der Waals surface area contributed by atoms with E-state index in [1.54, 1.807) is 6.92 Å². The minimum atomic E-state index is -0.367. The number of allylic oxidation sites excluding steroid dienone is 2. The average molecular weight is 368 g/mol. The summed E-state index contributed by atoms with van der Waals surface area (Å²) in [6.07, 6.45) is 21.4. The Kier molecular flexibility index (Phi) is 19.0. The van der Waals surface area contributed by atoms with Crippen molar-refractivity contribution in [1.82, 2.24) is 5.32 Å². The van der Waals surface area contributed by atoms with Crippen LogP contribution in [0.3, 0.4) is 0 Å². The van der Waals surface area contributed by atoms with Crippen LogP contribution in [0, 0.1) is 0 Å². The van der Waals surface area contributed by atoms with E-state index in [1.807, 2.05) is 0 Å². The number of carbonyl (C=O) groups excluding carboxylic acids is 2. The van der Waals surface area contributed by atoms with E-state index in [0.717, 1.165) is 12.8 Å². The predicted molar refractivity (Wildman–Crippen MR) is 109 cm³/mol. The quantitative estimate of drug-likeness (QED) is 0.192. The number of amides is 1. The van der Waals surface area contributed by atoms with E-state index in [4.69, 9.17) is 4.74 Å². The van der Waals surface area contributed by atoms with E-state index in [9.17, 15) is 9.59 Å². The Morgan fingerprint density at radius 2 is 1.31 bits per heavy atom. The van der Waals surface area contributed by atoms with Crippen LogP contribution in [0.5, 0.6) is 0 Å². The van der Waals surface area contributed by atoms with Gasteiger partial charge in [-0.15, -0.1) is 0 Å². The molecule has 0 unspecified atom stereocenters. The van der Waals surface area contributed by atoms with Crippen LogP contribution in [0.4, 0.5) is 0 Å². The first-order chi connectivity index (χ1) is 12.7. The van der Waals surface area contributed by atoms with Crippen molar-refractivity contribution in [1.29, 1.82) is 0 Å². The SMILES string of the molecule is CCCC/C=C\CCCCCCCCCCCC(=O)NCC(=O)OCC. The number of rotatable bonds is 18. The molecule has 0 aromatic carbocycles. The topological polar surface area (TPSA) is 55.4 Å². The van der Waals surface area contributed by atoms with Gasteiger partial charge in [-0.2, -0.15) is 0 Å². The molecule has 0 saturated heterocycles. The molecule has 0 bridgehead atoms. The van der Waals surface area contributed by atoms with Gasteiger partial charge in [0.25, 0.3) is 0 Å². The Morgan fingerprint density at radius 1 is 0.769 bits per heavy atom. The Morgan fingerprint density at radius 3 is 1.88 bits per heavy atom. The third-order valence-corrected chi connectivity index (χ3v) is 4.40. The van der Waals surface area contributed by atoms with Gasteiger partial charge in [-0.1, -0.05) is 76.9 Å². The van der Waals surface area contributed by atoms with Crippen molar-refractivity contribution in [3.8, 4) is 0 Å². The molecule has 0 saturated carbocycles. The standard InChI is InChI=1S/C22H41NO3/c1-3-5-6-7-8-9-10-11-12-13-14-15-16-17-18-19-21(24)23-20-22(25)26-4-2/h7-8H,3-6,9-20H2,1-2H3,(H,23,24)/b8-7-. The fourth-order valence-electron chi connectivity index (χ4n) is 2.81. The molecular weight excluding hydrogens is 326 g/mol. The summed E-state index contributed by atoms with van der Waals surface area (Å²) >= 11 is 0. The van der Waals surface area contributed by atoms with Crippen LogP contribution in [0.15, 0.2) is 12.2 Å². The number of esters is 1. The zero-order valence-corrected chi connectivity index (χ0v) is 17.2. The highest BCUT2D eigenvalue weighted by molar-refractivity contribution is 5.81. The second-order valence-electron chi connectivity index (χ2n) is 6.92. The van der Waals surface area contributed by atoms with Crippen molar-refractivity contribution in [2.75, 3.05) is 13.2 Å². The van der Waals surface area contributed by atoms with Gasteiger partial charge >= 0.3 is 5.97 Å². The van der Waals surface area contributed by atoms with Gasteiger partial charge in [-0.25, -0.2) is 0 Å². The lowest BCUT2D eigenvalue weighted by molar-refractivity contribution is -0.143. The number of unbranched alkanes of at least 4 members (excludes halogenated alkanes) is 11. The third-order valence-electron chi connectivity index (χ3n) is 4.40. The maximum atomic E-state index is 11.6. The molecule has 1 amide bonds. The molecule has 0 atom stereocenters. The Hall–Kier alpha value is -1.32. The van der Waals surface area contributed by atoms with Crippen molar-refractivity contribution in [3.05, 3.63) is 12.2 Å². The molecule has 0 radical (unpaired) electrons. The summed E-state index contributed by atoms with van der Waals surface area (Å²) in [5.74, 6) is -0.421. The van der Waals surface area contributed by atoms with Crippen molar-refractivity contribution in [2.24, 2.45) is 0 Å². The zero-order chi connectivity index (χ0) is 19.3. The van der Waals surface area contributed by atoms with Gasteiger partial charge in [-0.3, -0.25) is 9.59 Å². The monoisotopic (exact) mass is 367 g/mol. The molecule has 152 valence electrons. The summed E-state index contributed by atoms with van der Waals surface area (Å²) in [5, 5.41) is 2.60. The van der Waals surface area contributed by atoms with Gasteiger partial charge in [0, 0.05) is 6.42 Å². The highest BCUT2D eigenvalue weighted by Gasteiger charge is 2.05. The number of hydrogen-bond donors (Lipinski definition) is 1. The molecule has 0 aromatic rings. The van der Waals surface area contributed by atoms with Crippen LogP contribution in [0.2, 0.25) is 0 Å². The van der Waals surface area contributed by atoms with Crippen molar-refractivity contribution < 1.29 is 14.3 Å². The minimum absolute atomic E-state index is 0.0127. The molecule has 4 heteroatoms. The molecule has 0 spiro atoms. The number of nitrogens with one attached hydrogen (secondary N) is 1. The van der Waals surface area contributed by atoms with E-state index in [2.05, 4.69) is 24.4 Å². The van der Waals surface area contributed by atoms with Gasteiger partial charge in [0.15, 0.2) is 0 Å². The summed E-state index contributed by atoms with van der Waals surface area (Å²) < 4.78 is 4.77. The average Bonchev–Trinajstić information content (AvgIpc) is 2.63. The molecule has 0 aliphatic carbocycles. The molecule has 4 nitrogen and oxygen atoms in total. The second kappa shape index (κ2) is 20.0. The van der Waals surface area contributed by atoms with Crippen LogP contribution >= 0.6 is 0 Å². The summed E-state index contributed by atoms with van der Waals surface area (Å²) in [4.78, 5) is 22.7. The van der Waals surface area contributed by atoms with E-state index < -0.39 is 0 Å². The largest absolute Gasteiger partial charge is 0.465 e. The first-order valence-electron chi connectivity index (χ1n) is 10.8. The van der Waals surface area contributed by atoms with Crippen molar-refractivity contribution >= 4 is 11.9 Å². The lowest BCUT2D eigenvalue weighted by Crippen LogP contribution is -2.30. The highest BCUT2D eigenvalue weighted by Crippen LogP contribution is 2.11. The van der Waals surface area contributed by atoms with Gasteiger partial charge < -0.3 is 10.1 Å². The van der Waals surface area contributed by atoms with Gasteiger partial charge in [0.1, 0.15) is 6.54 Å². The number of carbonyl (C=O) groups is 2. The lowest BCUT2D eigenvalue weighted by Gasteiger charge is -2.05. The van der Waals surface area contributed by atoms with Crippen LogP contribution in [0.1, 0.15) is 104 Å². The zero-order valence-electron chi connectivity index (χ0n) is 17.2. The highest BCUT2D eigenvalue weighted by atomic mass is 16.5. The molecule has 1 N–H and O–H groups in total. The summed E-state index contributed by atoms with van der Waals surface area (Å²) in [6.45, 7) is 4.33. The van der Waals surface area contributed by atoms with E-state index in [0.29, 0.717) is 13.0 Å². The smallest absolute Gasteiger partial charge is 0.325 e. The van der Waals surface area contributed by atoms with Crippen LogP contribution in [-0.4, -0.2) is 25.0 Å². The molecule has 0 heterocycles. The Bertz CT molecular complexity index is 366. The van der Waals surface area contributed by atoms with Crippen LogP contribution in [0.25, 0.3) is 0 Å². The van der Waals surface area contributed by atoms with E-state index in [-0.39, 0.29) is 18.4 Å². The molecule has 0 aliphatic heterocycles. The van der Waals surface area contributed by atoms with Gasteiger partial charge in [-0.05, 0) is 32.6 Å². The van der Waals surface area contributed by atoms with E-state index in [1.165, 1.54) is 70.6 Å². The number of ether oxygens (including phenoxy) is 1. The lowest BCUT2D eigenvalue weighted by atomic mass is 10.1. The summed E-state index contributed by atoms with van der Waals surface area (Å²) in [7, 11) is 0. The minimum Gasteiger partial charge on any atom is -0.465 e. The molecule has 26 heavy (non-hydrogen) atoms. The van der Waals surface area contributed by atoms with Crippen molar-refractivity contribution in [3.63, 3.8) is 0 Å². The van der Waals surface area contributed by atoms with Gasteiger partial charge in [0.05, 0.1) is 6.61 Å². The van der Waals surface area contributed by atoms with Gasteiger partial charge in [0.2, 0.25) is 5.91 Å². The molecule has 0 aliphatic rings.